The minimum absolute atomic E-state index is 0. The number of nitrogens with zero attached hydrogens (tertiary/aromatic N) is 3. The molecule has 0 saturated heterocycles. The summed E-state index contributed by atoms with van der Waals surface area (Å²) in [7, 11) is 0. The maximum atomic E-state index is 5.47. The van der Waals surface area contributed by atoms with Crippen LogP contribution in [0.25, 0.3) is 0 Å². The summed E-state index contributed by atoms with van der Waals surface area (Å²) in [6, 6.07) is 0.368. The normalized spacial score (nSPS) is 14.0. The van der Waals surface area contributed by atoms with Crippen molar-refractivity contribution < 1.29 is 9.26 Å². The van der Waals surface area contributed by atoms with E-state index in [4.69, 9.17) is 9.26 Å². The maximum Gasteiger partial charge on any atom is 0.248 e. The molecule has 1 rings (SSSR count). The van der Waals surface area contributed by atoms with Crippen molar-refractivity contribution in [3.05, 3.63) is 11.7 Å². The van der Waals surface area contributed by atoms with Crippen LogP contribution in [0.2, 0.25) is 0 Å². The Morgan fingerprint density at radius 2 is 1.92 bits per heavy atom. The van der Waals surface area contributed by atoms with E-state index >= 15 is 0 Å². The second-order valence-corrected chi connectivity index (χ2v) is 6.71. The third kappa shape index (κ3) is 10.3. The van der Waals surface area contributed by atoms with Crippen LogP contribution < -0.4 is 10.6 Å². The van der Waals surface area contributed by atoms with Gasteiger partial charge in [0.05, 0.1) is 0 Å². The van der Waals surface area contributed by atoms with Crippen molar-refractivity contribution in [3.8, 4) is 0 Å². The van der Waals surface area contributed by atoms with Crippen molar-refractivity contribution in [1.29, 1.82) is 0 Å². The molecule has 0 radical (unpaired) electrons. The van der Waals surface area contributed by atoms with E-state index in [2.05, 4.69) is 53.5 Å². The summed E-state index contributed by atoms with van der Waals surface area (Å²) in [5, 5.41) is 10.6. The quantitative estimate of drug-likeness (QED) is 0.282. The number of hydrogen-bond donors (Lipinski definition) is 2. The number of hydrogen-bond acceptors (Lipinski definition) is 5. The van der Waals surface area contributed by atoms with E-state index in [1.54, 1.807) is 0 Å². The molecule has 2 atom stereocenters. The highest BCUT2D eigenvalue weighted by molar-refractivity contribution is 14.0. The number of guanidine groups is 1. The fourth-order valence-corrected chi connectivity index (χ4v) is 2.43. The van der Waals surface area contributed by atoms with Gasteiger partial charge in [0.15, 0.2) is 11.8 Å². The van der Waals surface area contributed by atoms with Gasteiger partial charge in [0.2, 0.25) is 5.89 Å². The number of aliphatic imine (C=N–C) groups is 1. The zero-order chi connectivity index (χ0) is 18.7. The number of nitrogens with one attached hydrogen (secondary N) is 2. The van der Waals surface area contributed by atoms with Gasteiger partial charge in [0.25, 0.3) is 0 Å². The van der Waals surface area contributed by atoms with Crippen LogP contribution in [0.15, 0.2) is 9.52 Å². The van der Waals surface area contributed by atoms with Crippen molar-refractivity contribution in [3.63, 3.8) is 0 Å². The van der Waals surface area contributed by atoms with Crippen molar-refractivity contribution in [1.82, 2.24) is 20.8 Å². The lowest BCUT2D eigenvalue weighted by Crippen LogP contribution is -2.42. The minimum Gasteiger partial charge on any atom is -0.371 e. The van der Waals surface area contributed by atoms with E-state index in [1.165, 1.54) is 12.8 Å². The van der Waals surface area contributed by atoms with Gasteiger partial charge in [-0.1, -0.05) is 31.8 Å². The number of halogens is 1. The molecule has 1 heterocycles. The van der Waals surface area contributed by atoms with E-state index in [9.17, 15) is 0 Å². The molecule has 0 aliphatic rings. The van der Waals surface area contributed by atoms with Crippen LogP contribution in [0.5, 0.6) is 0 Å². The topological polar surface area (TPSA) is 84.6 Å². The van der Waals surface area contributed by atoms with Gasteiger partial charge in [0, 0.05) is 19.2 Å². The van der Waals surface area contributed by atoms with E-state index < -0.39 is 0 Å². The average Bonchev–Trinajstić information content (AvgIpc) is 3.02. The third-order valence-corrected chi connectivity index (χ3v) is 3.78. The molecule has 0 bridgehead atoms. The second kappa shape index (κ2) is 14.2. The van der Waals surface area contributed by atoms with Crippen molar-refractivity contribution in [2.45, 2.75) is 79.5 Å². The molecule has 0 fully saturated rings. The Labute approximate surface area is 175 Å². The van der Waals surface area contributed by atoms with Crippen molar-refractivity contribution >= 4 is 29.9 Å². The molecular formula is C18H36IN5O2. The zero-order valence-electron chi connectivity index (χ0n) is 17.0. The van der Waals surface area contributed by atoms with Gasteiger partial charge in [0.1, 0.15) is 12.6 Å². The Bertz CT molecular complexity index is 508. The Kier molecular flexibility index (Phi) is 13.7. The highest BCUT2D eigenvalue weighted by Crippen LogP contribution is 2.13. The smallest absolute Gasteiger partial charge is 0.248 e. The summed E-state index contributed by atoms with van der Waals surface area (Å²) >= 11 is 0. The predicted molar refractivity (Wildman–Crippen MR) is 116 cm³/mol. The molecular weight excluding hydrogens is 445 g/mol. The standard InChI is InChI=1S/C18H35N5O2.HI/c1-7-19-18(21-14(5)11-9-10-13(3)4)20-12-16-22-17(23-25-16)15(6)24-8-2;/h13-15H,7-12H2,1-6H3,(H2,19,20,21);1H. The Hall–Kier alpha value is -0.900. The van der Waals surface area contributed by atoms with Crippen LogP contribution in [0.3, 0.4) is 0 Å². The summed E-state index contributed by atoms with van der Waals surface area (Å²) in [6.45, 7) is 14.4. The van der Waals surface area contributed by atoms with Crippen molar-refractivity contribution in [2.24, 2.45) is 10.9 Å². The Morgan fingerprint density at radius 1 is 1.19 bits per heavy atom. The van der Waals surface area contributed by atoms with Gasteiger partial charge in [-0.25, -0.2) is 4.99 Å². The molecule has 0 saturated carbocycles. The van der Waals surface area contributed by atoms with E-state index in [1.807, 2.05) is 13.8 Å². The molecule has 2 N–H and O–H groups in total. The SMILES string of the molecule is CCNC(=NCc1nc(C(C)OCC)no1)NC(C)CCCC(C)C.I. The first kappa shape index (κ1) is 25.1. The monoisotopic (exact) mass is 481 g/mol. The molecule has 7 nitrogen and oxygen atoms in total. The highest BCUT2D eigenvalue weighted by atomic mass is 127. The highest BCUT2D eigenvalue weighted by Gasteiger charge is 2.13. The van der Waals surface area contributed by atoms with E-state index in [0.717, 1.165) is 24.8 Å². The van der Waals surface area contributed by atoms with Crippen LogP contribution in [0, 0.1) is 5.92 Å². The van der Waals surface area contributed by atoms with Gasteiger partial charge in [-0.2, -0.15) is 4.98 Å². The summed E-state index contributed by atoms with van der Waals surface area (Å²) in [6.07, 6.45) is 3.42. The van der Waals surface area contributed by atoms with Crippen LogP contribution in [0.4, 0.5) is 0 Å². The second-order valence-electron chi connectivity index (χ2n) is 6.71. The minimum atomic E-state index is -0.168. The van der Waals surface area contributed by atoms with Crippen LogP contribution in [-0.4, -0.2) is 35.3 Å². The molecule has 152 valence electrons. The average molecular weight is 481 g/mol. The van der Waals surface area contributed by atoms with Crippen LogP contribution in [0.1, 0.15) is 78.6 Å². The number of rotatable bonds is 11. The third-order valence-electron chi connectivity index (χ3n) is 3.78. The van der Waals surface area contributed by atoms with Gasteiger partial charge in [-0.3, -0.25) is 0 Å². The first-order chi connectivity index (χ1) is 12.0. The lowest BCUT2D eigenvalue weighted by molar-refractivity contribution is 0.0683. The van der Waals surface area contributed by atoms with Crippen LogP contribution >= 0.6 is 24.0 Å². The lowest BCUT2D eigenvalue weighted by atomic mass is 10.0. The van der Waals surface area contributed by atoms with Crippen LogP contribution in [-0.2, 0) is 11.3 Å². The summed E-state index contributed by atoms with van der Waals surface area (Å²) in [5.41, 5.74) is 0. The number of ether oxygens (including phenoxy) is 1. The van der Waals surface area contributed by atoms with Gasteiger partial charge in [-0.15, -0.1) is 24.0 Å². The summed E-state index contributed by atoms with van der Waals surface area (Å²) in [5.74, 6) is 2.58. The largest absolute Gasteiger partial charge is 0.371 e. The van der Waals surface area contributed by atoms with Gasteiger partial charge < -0.3 is 19.9 Å². The van der Waals surface area contributed by atoms with E-state index in [0.29, 0.717) is 30.9 Å². The zero-order valence-corrected chi connectivity index (χ0v) is 19.4. The van der Waals surface area contributed by atoms with Gasteiger partial charge >= 0.3 is 0 Å². The molecule has 0 aromatic carbocycles. The first-order valence-corrected chi connectivity index (χ1v) is 9.45. The molecule has 1 aromatic heterocycles. The van der Waals surface area contributed by atoms with Crippen molar-refractivity contribution in [2.75, 3.05) is 13.2 Å². The molecule has 0 amide bonds. The van der Waals surface area contributed by atoms with E-state index in [-0.39, 0.29) is 30.1 Å². The maximum absolute atomic E-state index is 5.47. The summed E-state index contributed by atoms with van der Waals surface area (Å²) < 4.78 is 10.7. The number of aromatic nitrogens is 2. The summed E-state index contributed by atoms with van der Waals surface area (Å²) in [4.78, 5) is 8.89. The molecule has 1 aromatic rings. The fourth-order valence-electron chi connectivity index (χ4n) is 2.43. The first-order valence-electron chi connectivity index (χ1n) is 9.45. The van der Waals surface area contributed by atoms with Gasteiger partial charge in [-0.05, 0) is 40.0 Å². The molecule has 8 heteroatoms. The molecule has 26 heavy (non-hydrogen) atoms. The Morgan fingerprint density at radius 3 is 2.54 bits per heavy atom. The lowest BCUT2D eigenvalue weighted by Gasteiger charge is -2.18. The fraction of sp³-hybridized carbons (Fsp3) is 0.833. The molecule has 0 spiro atoms. The molecule has 2 unspecified atom stereocenters. The predicted octanol–water partition coefficient (Wildman–Crippen LogP) is 4.06. The molecule has 0 aliphatic heterocycles. The molecule has 0 aliphatic carbocycles. The Balaban J connectivity index is 0.00000625.